The molecular formula is C14H20N2O5S. The number of sulfonamides is 1. The lowest BCUT2D eigenvalue weighted by atomic mass is 10.1. The molecule has 1 amide bonds. The standard InChI is InChI=1S/C14H20N2O5S/c1-14(2,16-22(3,20)21)13(19)15-9-8-10-4-6-11(7-5-10)12(17)18/h4-7,16H,8-9H2,1-3H3,(H,15,19)(H,17,18). The fourth-order valence-electron chi connectivity index (χ4n) is 1.87. The third kappa shape index (κ3) is 5.82. The molecule has 0 unspecified atom stereocenters. The molecule has 1 aromatic carbocycles. The third-order valence-corrected chi connectivity index (χ3v) is 3.79. The Labute approximate surface area is 129 Å². The highest BCUT2D eigenvalue weighted by Crippen LogP contribution is 2.06. The summed E-state index contributed by atoms with van der Waals surface area (Å²) in [5.41, 5.74) is -0.161. The van der Waals surface area contributed by atoms with E-state index in [9.17, 15) is 18.0 Å². The van der Waals surface area contributed by atoms with Crippen molar-refractivity contribution in [1.82, 2.24) is 10.0 Å². The summed E-state index contributed by atoms with van der Waals surface area (Å²) < 4.78 is 24.6. The normalized spacial score (nSPS) is 12.0. The quantitative estimate of drug-likeness (QED) is 0.669. The molecule has 0 aromatic heterocycles. The number of hydrogen-bond acceptors (Lipinski definition) is 4. The lowest BCUT2D eigenvalue weighted by Crippen LogP contribution is -2.54. The molecule has 3 N–H and O–H groups in total. The van der Waals surface area contributed by atoms with Gasteiger partial charge in [0.05, 0.1) is 11.8 Å². The Morgan fingerprint density at radius 3 is 2.18 bits per heavy atom. The summed E-state index contributed by atoms with van der Waals surface area (Å²) in [6, 6.07) is 6.34. The summed E-state index contributed by atoms with van der Waals surface area (Å²) in [6.45, 7) is 3.27. The molecular weight excluding hydrogens is 308 g/mol. The van der Waals surface area contributed by atoms with E-state index in [1.54, 1.807) is 12.1 Å². The molecule has 0 radical (unpaired) electrons. The van der Waals surface area contributed by atoms with Crippen molar-refractivity contribution in [3.63, 3.8) is 0 Å². The van der Waals surface area contributed by atoms with Crippen molar-refractivity contribution in [2.24, 2.45) is 0 Å². The van der Waals surface area contributed by atoms with Crippen molar-refractivity contribution in [2.75, 3.05) is 12.8 Å². The van der Waals surface area contributed by atoms with Gasteiger partial charge in [0.1, 0.15) is 5.54 Å². The molecule has 8 heteroatoms. The highest BCUT2D eigenvalue weighted by atomic mass is 32.2. The number of benzene rings is 1. The molecule has 0 saturated carbocycles. The van der Waals surface area contributed by atoms with Gasteiger partial charge in [0.2, 0.25) is 15.9 Å². The zero-order valence-electron chi connectivity index (χ0n) is 12.7. The second-order valence-electron chi connectivity index (χ2n) is 5.51. The van der Waals surface area contributed by atoms with Crippen LogP contribution in [-0.2, 0) is 21.2 Å². The van der Waals surface area contributed by atoms with Crippen LogP contribution in [0.3, 0.4) is 0 Å². The van der Waals surface area contributed by atoms with Crippen LogP contribution in [0, 0.1) is 0 Å². The van der Waals surface area contributed by atoms with E-state index in [1.807, 2.05) is 0 Å². The van der Waals surface area contributed by atoms with Crippen LogP contribution in [0.4, 0.5) is 0 Å². The predicted molar refractivity (Wildman–Crippen MR) is 82.2 cm³/mol. The van der Waals surface area contributed by atoms with Crippen LogP contribution in [-0.4, -0.2) is 43.7 Å². The number of hydrogen-bond donors (Lipinski definition) is 3. The summed E-state index contributed by atoms with van der Waals surface area (Å²) in [6.07, 6.45) is 1.51. The first-order valence-electron chi connectivity index (χ1n) is 6.61. The van der Waals surface area contributed by atoms with Gasteiger partial charge in [0.15, 0.2) is 0 Å². The van der Waals surface area contributed by atoms with Gasteiger partial charge in [-0.05, 0) is 38.0 Å². The largest absolute Gasteiger partial charge is 0.478 e. The zero-order chi connectivity index (χ0) is 17.0. The fraction of sp³-hybridized carbons (Fsp3) is 0.429. The molecule has 0 saturated heterocycles. The van der Waals surface area contributed by atoms with Gasteiger partial charge in [-0.25, -0.2) is 17.9 Å². The van der Waals surface area contributed by atoms with Crippen LogP contribution in [0.1, 0.15) is 29.8 Å². The van der Waals surface area contributed by atoms with Gasteiger partial charge in [-0.1, -0.05) is 12.1 Å². The molecule has 0 aliphatic heterocycles. The number of rotatable bonds is 7. The number of nitrogens with one attached hydrogen (secondary N) is 2. The average molecular weight is 328 g/mol. The first-order valence-corrected chi connectivity index (χ1v) is 8.50. The van der Waals surface area contributed by atoms with Gasteiger partial charge < -0.3 is 10.4 Å². The Hall–Kier alpha value is -1.93. The molecule has 0 bridgehead atoms. The maximum absolute atomic E-state index is 12.0. The second kappa shape index (κ2) is 6.89. The minimum Gasteiger partial charge on any atom is -0.478 e. The average Bonchev–Trinajstić information content (AvgIpc) is 2.36. The highest BCUT2D eigenvalue weighted by molar-refractivity contribution is 7.88. The molecule has 0 aliphatic rings. The number of carbonyl (C=O) groups excluding carboxylic acids is 1. The van der Waals surface area contributed by atoms with Crippen molar-refractivity contribution in [1.29, 1.82) is 0 Å². The van der Waals surface area contributed by atoms with Gasteiger partial charge in [0.25, 0.3) is 0 Å². The monoisotopic (exact) mass is 328 g/mol. The van der Waals surface area contributed by atoms with Gasteiger partial charge in [-0.15, -0.1) is 0 Å². The number of amides is 1. The van der Waals surface area contributed by atoms with E-state index in [1.165, 1.54) is 26.0 Å². The molecule has 1 rings (SSSR count). The van der Waals surface area contributed by atoms with Crippen molar-refractivity contribution in [3.8, 4) is 0 Å². The Balaban J connectivity index is 2.53. The second-order valence-corrected chi connectivity index (χ2v) is 7.26. The minimum atomic E-state index is -3.48. The van der Waals surface area contributed by atoms with Crippen LogP contribution < -0.4 is 10.0 Å². The molecule has 0 aliphatic carbocycles. The van der Waals surface area contributed by atoms with E-state index in [0.29, 0.717) is 13.0 Å². The highest BCUT2D eigenvalue weighted by Gasteiger charge is 2.30. The number of carbonyl (C=O) groups is 2. The maximum atomic E-state index is 12.0. The van der Waals surface area contributed by atoms with E-state index in [0.717, 1.165) is 11.8 Å². The molecule has 7 nitrogen and oxygen atoms in total. The molecule has 22 heavy (non-hydrogen) atoms. The van der Waals surface area contributed by atoms with Crippen molar-refractivity contribution < 1.29 is 23.1 Å². The predicted octanol–water partition coefficient (Wildman–Crippen LogP) is 0.371. The van der Waals surface area contributed by atoms with Crippen LogP contribution in [0.2, 0.25) is 0 Å². The van der Waals surface area contributed by atoms with Crippen molar-refractivity contribution in [3.05, 3.63) is 35.4 Å². The summed E-state index contributed by atoms with van der Waals surface area (Å²) in [5.74, 6) is -1.42. The van der Waals surface area contributed by atoms with Crippen LogP contribution >= 0.6 is 0 Å². The van der Waals surface area contributed by atoms with E-state index in [-0.39, 0.29) is 5.56 Å². The molecule has 0 atom stereocenters. The summed E-state index contributed by atoms with van der Waals surface area (Å²) in [4.78, 5) is 22.7. The number of carboxylic acid groups (broad SMARTS) is 1. The molecule has 122 valence electrons. The smallest absolute Gasteiger partial charge is 0.335 e. The summed E-state index contributed by atoms with van der Waals surface area (Å²) in [5, 5.41) is 11.4. The van der Waals surface area contributed by atoms with Crippen LogP contribution in [0.5, 0.6) is 0 Å². The summed E-state index contributed by atoms with van der Waals surface area (Å²) in [7, 11) is -3.48. The Morgan fingerprint density at radius 2 is 1.73 bits per heavy atom. The molecule has 1 aromatic rings. The summed E-state index contributed by atoms with van der Waals surface area (Å²) >= 11 is 0. The van der Waals surface area contributed by atoms with Crippen LogP contribution in [0.25, 0.3) is 0 Å². The fourth-order valence-corrected chi connectivity index (χ4v) is 2.88. The Morgan fingerprint density at radius 1 is 1.18 bits per heavy atom. The zero-order valence-corrected chi connectivity index (χ0v) is 13.5. The Bertz CT molecular complexity index is 650. The van der Waals surface area contributed by atoms with E-state index in [2.05, 4.69) is 10.0 Å². The molecule has 0 fully saturated rings. The van der Waals surface area contributed by atoms with E-state index in [4.69, 9.17) is 5.11 Å². The van der Waals surface area contributed by atoms with Gasteiger partial charge in [-0.3, -0.25) is 4.79 Å². The lowest BCUT2D eigenvalue weighted by molar-refractivity contribution is -0.125. The van der Waals surface area contributed by atoms with Crippen molar-refractivity contribution in [2.45, 2.75) is 25.8 Å². The SMILES string of the molecule is CC(C)(NS(C)(=O)=O)C(=O)NCCc1ccc(C(=O)O)cc1. The Kier molecular flexibility index (Phi) is 5.67. The molecule has 0 spiro atoms. The van der Waals surface area contributed by atoms with E-state index >= 15 is 0 Å². The maximum Gasteiger partial charge on any atom is 0.335 e. The molecule has 0 heterocycles. The van der Waals surface area contributed by atoms with E-state index < -0.39 is 27.4 Å². The third-order valence-electron chi connectivity index (χ3n) is 2.91. The topological polar surface area (TPSA) is 113 Å². The lowest BCUT2D eigenvalue weighted by Gasteiger charge is -2.23. The van der Waals surface area contributed by atoms with Gasteiger partial charge in [-0.2, -0.15) is 0 Å². The first-order chi connectivity index (χ1) is 10.0. The van der Waals surface area contributed by atoms with Crippen molar-refractivity contribution >= 4 is 21.9 Å². The number of aromatic carboxylic acids is 1. The minimum absolute atomic E-state index is 0.200. The van der Waals surface area contributed by atoms with Gasteiger partial charge in [0, 0.05) is 6.54 Å². The number of carboxylic acids is 1. The van der Waals surface area contributed by atoms with Crippen LogP contribution in [0.15, 0.2) is 24.3 Å². The first kappa shape index (κ1) is 18.1. The van der Waals surface area contributed by atoms with Gasteiger partial charge >= 0.3 is 5.97 Å².